The molecule has 118 valence electrons. The summed E-state index contributed by atoms with van der Waals surface area (Å²) in [6, 6.07) is 0.194. The van der Waals surface area contributed by atoms with Crippen LogP contribution in [-0.2, 0) is 0 Å². The van der Waals surface area contributed by atoms with Crippen LogP contribution in [-0.4, -0.2) is 34.0 Å². The molecule has 1 unspecified atom stereocenters. The van der Waals surface area contributed by atoms with Crippen LogP contribution in [0.4, 0.5) is 17.3 Å². The highest BCUT2D eigenvalue weighted by Crippen LogP contribution is 2.33. The van der Waals surface area contributed by atoms with Gasteiger partial charge in [-0.05, 0) is 26.7 Å². The number of hydrogen-bond donors (Lipinski definition) is 1. The predicted octanol–water partition coefficient (Wildman–Crippen LogP) is 3.22. The van der Waals surface area contributed by atoms with Crippen LogP contribution in [0, 0.1) is 10.1 Å². The Balaban J connectivity index is 3.28. The van der Waals surface area contributed by atoms with Crippen LogP contribution >= 0.6 is 0 Å². The van der Waals surface area contributed by atoms with Crippen LogP contribution in [0.3, 0.4) is 0 Å². The molecule has 0 aliphatic rings. The fraction of sp³-hybridized carbons (Fsp3) is 0.714. The third-order valence-electron chi connectivity index (χ3n) is 3.48. The van der Waals surface area contributed by atoms with Crippen LogP contribution in [0.5, 0.6) is 0 Å². The van der Waals surface area contributed by atoms with E-state index in [9.17, 15) is 10.1 Å². The maximum atomic E-state index is 11.5. The molecule has 0 aliphatic heterocycles. The second-order valence-corrected chi connectivity index (χ2v) is 4.99. The van der Waals surface area contributed by atoms with Crippen molar-refractivity contribution in [1.82, 2.24) is 9.97 Å². The zero-order valence-corrected chi connectivity index (χ0v) is 13.3. The molecule has 0 saturated carbocycles. The largest absolute Gasteiger partial charge is 0.364 e. The second-order valence-electron chi connectivity index (χ2n) is 4.99. The molecule has 7 nitrogen and oxygen atoms in total. The molecule has 21 heavy (non-hydrogen) atoms. The molecule has 1 atom stereocenters. The first kappa shape index (κ1) is 17.1. The molecule has 1 aromatic rings. The van der Waals surface area contributed by atoms with Crippen molar-refractivity contribution in [1.29, 1.82) is 0 Å². The molecule has 0 aromatic carbocycles. The molecular weight excluding hydrogens is 270 g/mol. The quantitative estimate of drug-likeness (QED) is 0.556. The zero-order valence-electron chi connectivity index (χ0n) is 13.3. The number of nitrogens with zero attached hydrogens (tertiary/aromatic N) is 4. The summed E-state index contributed by atoms with van der Waals surface area (Å²) in [7, 11) is 0. The van der Waals surface area contributed by atoms with E-state index < -0.39 is 4.92 Å². The van der Waals surface area contributed by atoms with Crippen LogP contribution in [0.2, 0.25) is 0 Å². The number of nitrogens with one attached hydrogen (secondary N) is 1. The lowest BCUT2D eigenvalue weighted by molar-refractivity contribution is -0.383. The minimum Gasteiger partial charge on any atom is -0.364 e. The number of unbranched alkanes of at least 4 members (excludes halogenated alkanes) is 1. The predicted molar refractivity (Wildman–Crippen MR) is 84.9 cm³/mol. The smallest absolute Gasteiger partial charge is 0.353 e. The van der Waals surface area contributed by atoms with Crippen molar-refractivity contribution in [2.24, 2.45) is 0 Å². The Labute approximate surface area is 125 Å². The molecule has 0 bridgehead atoms. The number of rotatable bonds is 9. The fourth-order valence-corrected chi connectivity index (χ4v) is 2.13. The molecule has 0 aliphatic carbocycles. The summed E-state index contributed by atoms with van der Waals surface area (Å²) < 4.78 is 0. The first-order chi connectivity index (χ1) is 10.1. The normalized spacial score (nSPS) is 12.0. The van der Waals surface area contributed by atoms with Gasteiger partial charge < -0.3 is 10.2 Å². The van der Waals surface area contributed by atoms with Gasteiger partial charge in [0.1, 0.15) is 6.33 Å². The molecule has 1 aromatic heterocycles. The average molecular weight is 295 g/mol. The van der Waals surface area contributed by atoms with E-state index >= 15 is 0 Å². The SMILES string of the molecule is CCCCN(c1ncnc(NCC)c1[N+](=O)[O-])C(C)CC. The number of nitro groups is 1. The van der Waals surface area contributed by atoms with Crippen molar-refractivity contribution >= 4 is 17.3 Å². The topological polar surface area (TPSA) is 84.2 Å². The second kappa shape index (κ2) is 8.39. The van der Waals surface area contributed by atoms with Crippen LogP contribution in [0.1, 0.15) is 47.0 Å². The lowest BCUT2D eigenvalue weighted by atomic mass is 10.2. The maximum Gasteiger partial charge on any atom is 0.353 e. The third-order valence-corrected chi connectivity index (χ3v) is 3.48. The highest BCUT2D eigenvalue weighted by atomic mass is 16.6. The van der Waals surface area contributed by atoms with Crippen LogP contribution in [0.15, 0.2) is 6.33 Å². The van der Waals surface area contributed by atoms with Gasteiger partial charge in [0.05, 0.1) is 4.92 Å². The minimum atomic E-state index is -0.394. The summed E-state index contributed by atoms with van der Waals surface area (Å²) >= 11 is 0. The highest BCUT2D eigenvalue weighted by Gasteiger charge is 2.28. The Morgan fingerprint density at radius 3 is 2.62 bits per heavy atom. The van der Waals surface area contributed by atoms with Gasteiger partial charge in [0.25, 0.3) is 0 Å². The molecular formula is C14H25N5O2. The van der Waals surface area contributed by atoms with E-state index in [-0.39, 0.29) is 17.5 Å². The average Bonchev–Trinajstić information content (AvgIpc) is 2.47. The van der Waals surface area contributed by atoms with Crippen molar-refractivity contribution in [3.8, 4) is 0 Å². The van der Waals surface area contributed by atoms with E-state index in [1.165, 1.54) is 6.33 Å². The summed E-state index contributed by atoms with van der Waals surface area (Å²) in [5.41, 5.74) is -0.0317. The van der Waals surface area contributed by atoms with Gasteiger partial charge in [-0.25, -0.2) is 9.97 Å². The fourth-order valence-electron chi connectivity index (χ4n) is 2.13. The standard InChI is InChI=1S/C14H25N5O2/c1-5-8-9-18(11(4)6-2)14-12(19(20)21)13(15-7-3)16-10-17-14/h10-11H,5-9H2,1-4H3,(H,15,16,17). The van der Waals surface area contributed by atoms with E-state index in [1.54, 1.807) is 0 Å². The van der Waals surface area contributed by atoms with E-state index in [0.717, 1.165) is 25.8 Å². The van der Waals surface area contributed by atoms with Gasteiger partial charge in [-0.15, -0.1) is 0 Å². The Morgan fingerprint density at radius 1 is 1.38 bits per heavy atom. The number of aromatic nitrogens is 2. The summed E-state index contributed by atoms with van der Waals surface area (Å²) in [5, 5.41) is 14.4. The van der Waals surface area contributed by atoms with Gasteiger partial charge in [0.15, 0.2) is 0 Å². The van der Waals surface area contributed by atoms with Gasteiger partial charge in [-0.1, -0.05) is 20.3 Å². The van der Waals surface area contributed by atoms with Gasteiger partial charge >= 0.3 is 5.69 Å². The Bertz CT molecular complexity index is 467. The molecule has 1 N–H and O–H groups in total. The summed E-state index contributed by atoms with van der Waals surface area (Å²) in [6.07, 6.45) is 4.30. The zero-order chi connectivity index (χ0) is 15.8. The van der Waals surface area contributed by atoms with E-state index in [2.05, 4.69) is 36.1 Å². The van der Waals surface area contributed by atoms with E-state index in [1.807, 2.05) is 11.8 Å². The molecule has 0 amide bonds. The highest BCUT2D eigenvalue weighted by molar-refractivity contribution is 5.70. The number of anilines is 2. The van der Waals surface area contributed by atoms with Gasteiger partial charge in [-0.3, -0.25) is 10.1 Å². The first-order valence-corrected chi connectivity index (χ1v) is 7.56. The Kier molecular flexibility index (Phi) is 6.84. The first-order valence-electron chi connectivity index (χ1n) is 7.56. The van der Waals surface area contributed by atoms with Gasteiger partial charge in [0, 0.05) is 19.1 Å². The molecule has 0 saturated heterocycles. The van der Waals surface area contributed by atoms with Crippen molar-refractivity contribution in [3.63, 3.8) is 0 Å². The minimum absolute atomic E-state index is 0.0317. The van der Waals surface area contributed by atoms with Crippen molar-refractivity contribution < 1.29 is 4.92 Å². The van der Waals surface area contributed by atoms with Crippen LogP contribution < -0.4 is 10.2 Å². The van der Waals surface area contributed by atoms with Crippen LogP contribution in [0.25, 0.3) is 0 Å². The van der Waals surface area contributed by atoms with Crippen molar-refractivity contribution in [2.45, 2.75) is 53.0 Å². The molecule has 0 fully saturated rings. The van der Waals surface area contributed by atoms with E-state index in [4.69, 9.17) is 0 Å². The Hall–Kier alpha value is -1.92. The summed E-state index contributed by atoms with van der Waals surface area (Å²) in [6.45, 7) is 9.46. The third kappa shape index (κ3) is 4.27. The van der Waals surface area contributed by atoms with Gasteiger partial charge in [-0.2, -0.15) is 0 Å². The number of hydrogen-bond acceptors (Lipinski definition) is 6. The molecule has 1 heterocycles. The maximum absolute atomic E-state index is 11.5. The molecule has 7 heteroatoms. The van der Waals surface area contributed by atoms with Gasteiger partial charge in [0.2, 0.25) is 11.6 Å². The lowest BCUT2D eigenvalue weighted by Crippen LogP contribution is -2.35. The van der Waals surface area contributed by atoms with E-state index in [0.29, 0.717) is 12.4 Å². The molecule has 1 rings (SSSR count). The lowest BCUT2D eigenvalue weighted by Gasteiger charge is -2.29. The summed E-state index contributed by atoms with van der Waals surface area (Å²) in [5.74, 6) is 0.700. The monoisotopic (exact) mass is 295 g/mol. The van der Waals surface area contributed by atoms with Crippen molar-refractivity contribution in [3.05, 3.63) is 16.4 Å². The summed E-state index contributed by atoms with van der Waals surface area (Å²) in [4.78, 5) is 21.3. The molecule has 0 radical (unpaired) electrons. The van der Waals surface area contributed by atoms with Crippen molar-refractivity contribution in [2.75, 3.05) is 23.3 Å². The Morgan fingerprint density at radius 2 is 2.10 bits per heavy atom. The molecule has 0 spiro atoms.